The number of nitrogens with one attached hydrogen (secondary N) is 1. The highest BCUT2D eigenvalue weighted by atomic mass is 16.5. The highest BCUT2D eigenvalue weighted by Crippen LogP contribution is 2.44. The molecule has 5 nitrogen and oxygen atoms in total. The van der Waals surface area contributed by atoms with E-state index in [0.29, 0.717) is 13.2 Å². The topological polar surface area (TPSA) is 61.8 Å². The van der Waals surface area contributed by atoms with Crippen molar-refractivity contribution in [3.63, 3.8) is 0 Å². The monoisotopic (exact) mass is 428 g/mol. The van der Waals surface area contributed by atoms with E-state index in [2.05, 4.69) is 40.5 Å². The molecule has 0 saturated carbocycles. The number of amides is 1. The number of carbonyl (C=O) groups excluding carboxylic acids is 1. The molecule has 32 heavy (non-hydrogen) atoms. The molecule has 5 rings (SSSR count). The molecule has 1 heterocycles. The zero-order valence-electron chi connectivity index (χ0n) is 18.3. The van der Waals surface area contributed by atoms with E-state index in [1.807, 2.05) is 43.3 Å². The van der Waals surface area contributed by atoms with Crippen LogP contribution in [0.4, 0.5) is 16.2 Å². The first kappa shape index (κ1) is 20.6. The maximum Gasteiger partial charge on any atom is 0.411 e. The van der Waals surface area contributed by atoms with Crippen molar-refractivity contribution in [1.29, 1.82) is 0 Å². The number of hydrogen-bond acceptors (Lipinski definition) is 4. The van der Waals surface area contributed by atoms with Gasteiger partial charge in [0, 0.05) is 30.4 Å². The Labute approximate surface area is 188 Å². The first-order valence-corrected chi connectivity index (χ1v) is 11.3. The summed E-state index contributed by atoms with van der Waals surface area (Å²) < 4.78 is 5.67. The normalized spacial score (nSPS) is 17.6. The van der Waals surface area contributed by atoms with Crippen molar-refractivity contribution in [1.82, 2.24) is 0 Å². The molecule has 1 aliphatic carbocycles. The van der Waals surface area contributed by atoms with Crippen LogP contribution < -0.4 is 10.2 Å². The van der Waals surface area contributed by atoms with Crippen molar-refractivity contribution < 1.29 is 14.6 Å². The molecule has 0 bridgehead atoms. The van der Waals surface area contributed by atoms with Crippen LogP contribution in [0.3, 0.4) is 0 Å². The first-order valence-electron chi connectivity index (χ1n) is 11.3. The van der Waals surface area contributed by atoms with Gasteiger partial charge in [0.25, 0.3) is 0 Å². The maximum atomic E-state index is 12.6. The van der Waals surface area contributed by atoms with Gasteiger partial charge in [-0.2, -0.15) is 0 Å². The van der Waals surface area contributed by atoms with E-state index in [-0.39, 0.29) is 12.0 Å². The molecule has 3 aromatic rings. The molecule has 1 aliphatic heterocycles. The van der Waals surface area contributed by atoms with E-state index in [4.69, 9.17) is 4.74 Å². The molecule has 2 aliphatic rings. The lowest BCUT2D eigenvalue weighted by molar-refractivity contribution is 0.154. The summed E-state index contributed by atoms with van der Waals surface area (Å²) in [5.41, 5.74) is 7.60. The Balaban J connectivity index is 1.25. The summed E-state index contributed by atoms with van der Waals surface area (Å²) in [6.45, 7) is 3.86. The number of benzene rings is 3. The number of anilines is 2. The maximum absolute atomic E-state index is 12.6. The highest BCUT2D eigenvalue weighted by molar-refractivity contribution is 5.86. The summed E-state index contributed by atoms with van der Waals surface area (Å²) in [5.74, 6) is 0.0437. The van der Waals surface area contributed by atoms with Crippen molar-refractivity contribution in [2.45, 2.75) is 31.8 Å². The van der Waals surface area contributed by atoms with Gasteiger partial charge in [-0.25, -0.2) is 4.79 Å². The van der Waals surface area contributed by atoms with Crippen LogP contribution in [0.1, 0.15) is 35.4 Å². The van der Waals surface area contributed by atoms with E-state index >= 15 is 0 Å². The first-order chi connectivity index (χ1) is 15.6. The Morgan fingerprint density at radius 2 is 1.75 bits per heavy atom. The lowest BCUT2D eigenvalue weighted by Crippen LogP contribution is -2.38. The number of nitrogens with zero attached hydrogens (tertiary/aromatic N) is 1. The van der Waals surface area contributed by atoms with Crippen molar-refractivity contribution in [3.05, 3.63) is 83.4 Å². The molecule has 1 saturated heterocycles. The third kappa shape index (κ3) is 3.96. The minimum absolute atomic E-state index is 0.0437. The van der Waals surface area contributed by atoms with Gasteiger partial charge >= 0.3 is 6.09 Å². The van der Waals surface area contributed by atoms with Crippen molar-refractivity contribution in [3.8, 4) is 11.1 Å². The standard InChI is InChI=1S/C27H28N2O3/c1-18-15-19(29-14-6-7-20(30)16-29)12-13-26(18)28-27(31)32-17-25-23-10-4-2-8-21(23)22-9-3-5-11-24(22)25/h2-5,8-13,15,20,25,30H,6-7,14,16-17H2,1H3,(H,28,31). The van der Waals surface area contributed by atoms with Gasteiger partial charge < -0.3 is 14.7 Å². The van der Waals surface area contributed by atoms with Crippen LogP contribution in [0, 0.1) is 6.92 Å². The second-order valence-corrected chi connectivity index (χ2v) is 8.69. The second kappa shape index (κ2) is 8.67. The molecular formula is C27H28N2O3. The Hall–Kier alpha value is -3.31. The lowest BCUT2D eigenvalue weighted by atomic mass is 9.98. The summed E-state index contributed by atoms with van der Waals surface area (Å²) in [7, 11) is 0. The molecule has 1 unspecified atom stereocenters. The van der Waals surface area contributed by atoms with Gasteiger partial charge in [-0.1, -0.05) is 48.5 Å². The molecular weight excluding hydrogens is 400 g/mol. The van der Waals surface area contributed by atoms with Gasteiger partial charge in [0.2, 0.25) is 0 Å². The van der Waals surface area contributed by atoms with E-state index in [0.717, 1.165) is 36.3 Å². The molecule has 2 N–H and O–H groups in total. The Kier molecular flexibility index (Phi) is 5.58. The van der Waals surface area contributed by atoms with E-state index in [1.165, 1.54) is 22.3 Å². The highest BCUT2D eigenvalue weighted by Gasteiger charge is 2.29. The molecule has 1 amide bonds. The second-order valence-electron chi connectivity index (χ2n) is 8.69. The van der Waals surface area contributed by atoms with Crippen LogP contribution in [0.5, 0.6) is 0 Å². The third-order valence-electron chi connectivity index (χ3n) is 6.55. The molecule has 5 heteroatoms. The van der Waals surface area contributed by atoms with E-state index in [1.54, 1.807) is 0 Å². The third-order valence-corrected chi connectivity index (χ3v) is 6.55. The minimum Gasteiger partial charge on any atom is -0.448 e. The molecule has 3 aromatic carbocycles. The summed E-state index contributed by atoms with van der Waals surface area (Å²) in [5, 5.41) is 12.8. The van der Waals surface area contributed by atoms with Gasteiger partial charge in [-0.05, 0) is 65.8 Å². The Morgan fingerprint density at radius 3 is 2.41 bits per heavy atom. The molecule has 0 spiro atoms. The zero-order chi connectivity index (χ0) is 22.1. The number of aliphatic hydroxyl groups excluding tert-OH is 1. The van der Waals surface area contributed by atoms with Crippen LogP contribution in [-0.2, 0) is 4.74 Å². The number of hydrogen-bond donors (Lipinski definition) is 2. The number of aliphatic hydroxyl groups is 1. The number of carbonyl (C=O) groups is 1. The quantitative estimate of drug-likeness (QED) is 0.591. The van der Waals surface area contributed by atoms with Crippen LogP contribution in [-0.4, -0.2) is 37.0 Å². The molecule has 1 fully saturated rings. The summed E-state index contributed by atoms with van der Waals surface area (Å²) in [6.07, 6.45) is 1.12. The van der Waals surface area contributed by atoms with Crippen LogP contribution >= 0.6 is 0 Å². The van der Waals surface area contributed by atoms with Gasteiger partial charge in [0.05, 0.1) is 6.10 Å². The van der Waals surface area contributed by atoms with Gasteiger partial charge in [-0.15, -0.1) is 0 Å². The molecule has 164 valence electrons. The van der Waals surface area contributed by atoms with Crippen molar-refractivity contribution >= 4 is 17.5 Å². The fourth-order valence-corrected chi connectivity index (χ4v) is 4.92. The lowest BCUT2D eigenvalue weighted by Gasteiger charge is -2.32. The van der Waals surface area contributed by atoms with Crippen molar-refractivity contribution in [2.24, 2.45) is 0 Å². The Morgan fingerprint density at radius 1 is 1.06 bits per heavy atom. The summed E-state index contributed by atoms with van der Waals surface area (Å²) >= 11 is 0. The fourth-order valence-electron chi connectivity index (χ4n) is 4.92. The average Bonchev–Trinajstić information content (AvgIpc) is 3.13. The van der Waals surface area contributed by atoms with Gasteiger partial charge in [-0.3, -0.25) is 5.32 Å². The average molecular weight is 429 g/mol. The number of β-amino-alcohol motifs (C(OH)–C–C–N with tert-alkyl or cyclic N) is 1. The Bertz CT molecular complexity index is 1100. The van der Waals surface area contributed by atoms with E-state index < -0.39 is 6.09 Å². The summed E-state index contributed by atoms with van der Waals surface area (Å²) in [4.78, 5) is 14.8. The number of rotatable bonds is 4. The number of fused-ring (bicyclic) bond motifs is 3. The predicted octanol–water partition coefficient (Wildman–Crippen LogP) is 5.32. The minimum atomic E-state index is -0.448. The SMILES string of the molecule is Cc1cc(N2CCCC(O)C2)ccc1NC(=O)OCC1c2ccccc2-c2ccccc21. The van der Waals surface area contributed by atoms with Crippen LogP contribution in [0.15, 0.2) is 66.7 Å². The smallest absolute Gasteiger partial charge is 0.411 e. The van der Waals surface area contributed by atoms with Gasteiger partial charge in [0.1, 0.15) is 6.61 Å². The molecule has 0 radical (unpaired) electrons. The molecule has 1 atom stereocenters. The molecule has 0 aromatic heterocycles. The van der Waals surface area contributed by atoms with Crippen LogP contribution in [0.2, 0.25) is 0 Å². The number of aryl methyl sites for hydroxylation is 1. The number of piperidine rings is 1. The fraction of sp³-hybridized carbons (Fsp3) is 0.296. The van der Waals surface area contributed by atoms with Crippen LogP contribution in [0.25, 0.3) is 11.1 Å². The van der Waals surface area contributed by atoms with E-state index in [9.17, 15) is 9.90 Å². The number of ether oxygens (including phenoxy) is 1. The zero-order valence-corrected chi connectivity index (χ0v) is 18.3. The van der Waals surface area contributed by atoms with Crippen molar-refractivity contribution in [2.75, 3.05) is 29.9 Å². The predicted molar refractivity (Wildman–Crippen MR) is 127 cm³/mol. The summed E-state index contributed by atoms with van der Waals surface area (Å²) in [6, 6.07) is 22.6. The van der Waals surface area contributed by atoms with Gasteiger partial charge in [0.15, 0.2) is 0 Å². The largest absolute Gasteiger partial charge is 0.448 e.